The fourth-order valence-corrected chi connectivity index (χ4v) is 2.26. The van der Waals surface area contributed by atoms with Gasteiger partial charge >= 0.3 is 0 Å². The number of aryl methyl sites for hydroxylation is 1. The van der Waals surface area contributed by atoms with Crippen LogP contribution in [0.25, 0.3) is 11.0 Å². The number of aromatic nitrogens is 2. The highest BCUT2D eigenvalue weighted by Crippen LogP contribution is 2.21. The molecule has 16 heavy (non-hydrogen) atoms. The van der Waals surface area contributed by atoms with Gasteiger partial charge in [-0.2, -0.15) is 0 Å². The zero-order chi connectivity index (χ0) is 11.1. The Labute approximate surface area is 94.0 Å². The van der Waals surface area contributed by atoms with Crippen molar-refractivity contribution in [3.63, 3.8) is 0 Å². The van der Waals surface area contributed by atoms with Gasteiger partial charge in [0.2, 0.25) is 0 Å². The lowest BCUT2D eigenvalue weighted by molar-refractivity contribution is 0.511. The molecule has 1 atom stereocenters. The smallest absolute Gasteiger partial charge is 0.126 e. The molecular formula is C12H14N4. The average molecular weight is 214 g/mol. The van der Waals surface area contributed by atoms with Crippen molar-refractivity contribution in [2.45, 2.75) is 20.0 Å². The fourth-order valence-electron chi connectivity index (χ4n) is 2.26. The molecule has 0 saturated carbocycles. The molecule has 2 heterocycles. The highest BCUT2D eigenvalue weighted by Gasteiger charge is 2.20. The molecule has 0 aliphatic carbocycles. The molecular weight excluding hydrogens is 200 g/mol. The Bertz CT molecular complexity index is 567. The van der Waals surface area contributed by atoms with Crippen molar-refractivity contribution in [2.75, 3.05) is 6.54 Å². The predicted octanol–water partition coefficient (Wildman–Crippen LogP) is 1.86. The molecule has 4 nitrogen and oxygen atoms in total. The molecule has 1 aromatic heterocycles. The molecule has 0 radical (unpaired) electrons. The van der Waals surface area contributed by atoms with E-state index in [0.29, 0.717) is 0 Å². The zero-order valence-corrected chi connectivity index (χ0v) is 9.44. The first-order chi connectivity index (χ1) is 7.75. The number of fused-ring (bicyclic) bond motifs is 1. The van der Waals surface area contributed by atoms with E-state index in [-0.39, 0.29) is 6.17 Å². The molecule has 0 bridgehead atoms. The molecule has 1 aromatic carbocycles. The third-order valence-corrected chi connectivity index (χ3v) is 2.96. The van der Waals surface area contributed by atoms with Gasteiger partial charge in [0, 0.05) is 0 Å². The quantitative estimate of drug-likeness (QED) is 0.787. The van der Waals surface area contributed by atoms with Crippen LogP contribution in [0.2, 0.25) is 0 Å². The number of nitrogens with zero attached hydrogens (tertiary/aromatic N) is 3. The first-order valence-electron chi connectivity index (χ1n) is 5.47. The molecule has 2 aromatic rings. The summed E-state index contributed by atoms with van der Waals surface area (Å²) in [6, 6.07) is 8.21. The summed E-state index contributed by atoms with van der Waals surface area (Å²) < 4.78 is 2.22. The van der Waals surface area contributed by atoms with Gasteiger partial charge in [-0.3, -0.25) is 4.99 Å². The van der Waals surface area contributed by atoms with Crippen LogP contribution in [0, 0.1) is 6.92 Å². The lowest BCUT2D eigenvalue weighted by atomic mass is 10.3. The monoisotopic (exact) mass is 214 g/mol. The van der Waals surface area contributed by atoms with Crippen LogP contribution >= 0.6 is 0 Å². The average Bonchev–Trinajstić information content (AvgIpc) is 2.80. The van der Waals surface area contributed by atoms with Gasteiger partial charge < -0.3 is 9.88 Å². The third kappa shape index (κ3) is 1.30. The molecule has 1 aliphatic heterocycles. The zero-order valence-electron chi connectivity index (χ0n) is 9.44. The molecule has 1 aliphatic rings. The summed E-state index contributed by atoms with van der Waals surface area (Å²) >= 11 is 0. The van der Waals surface area contributed by atoms with Crippen LogP contribution in [0.3, 0.4) is 0 Å². The first-order valence-corrected chi connectivity index (χ1v) is 5.47. The summed E-state index contributed by atoms with van der Waals surface area (Å²) in [5.74, 6) is 2.03. The number of benzene rings is 1. The number of para-hydroxylation sites is 2. The van der Waals surface area contributed by atoms with E-state index in [1.165, 1.54) is 5.52 Å². The Hall–Kier alpha value is -1.84. The van der Waals surface area contributed by atoms with Gasteiger partial charge in [-0.05, 0) is 26.0 Å². The fraction of sp³-hybridized carbons (Fsp3) is 0.333. The minimum absolute atomic E-state index is 0.215. The molecule has 0 fully saturated rings. The van der Waals surface area contributed by atoms with Gasteiger partial charge in [0.25, 0.3) is 0 Å². The Kier molecular flexibility index (Phi) is 1.96. The summed E-state index contributed by atoms with van der Waals surface area (Å²) in [5.41, 5.74) is 2.22. The van der Waals surface area contributed by atoms with Crippen molar-refractivity contribution in [2.24, 2.45) is 4.99 Å². The van der Waals surface area contributed by atoms with E-state index in [2.05, 4.69) is 25.9 Å². The number of hydrogen-bond donors (Lipinski definition) is 1. The Morgan fingerprint density at radius 2 is 2.12 bits per heavy atom. The lowest BCUT2D eigenvalue weighted by Gasteiger charge is -2.15. The van der Waals surface area contributed by atoms with E-state index in [9.17, 15) is 0 Å². The topological polar surface area (TPSA) is 42.2 Å². The largest absolute Gasteiger partial charge is 0.352 e. The Morgan fingerprint density at radius 1 is 1.31 bits per heavy atom. The van der Waals surface area contributed by atoms with E-state index in [0.717, 1.165) is 23.7 Å². The molecule has 0 saturated heterocycles. The standard InChI is InChI=1S/C12H14N4/c1-8-13-7-12(14-8)16-9(2)15-10-5-3-4-6-11(10)16/h3-6,12H,7H2,1-2H3,(H,13,14). The van der Waals surface area contributed by atoms with Crippen LogP contribution in [0.15, 0.2) is 29.3 Å². The van der Waals surface area contributed by atoms with Crippen molar-refractivity contribution >= 4 is 16.9 Å². The molecule has 3 rings (SSSR count). The van der Waals surface area contributed by atoms with Gasteiger partial charge in [0.1, 0.15) is 12.0 Å². The number of hydrogen-bond acceptors (Lipinski definition) is 3. The number of amidine groups is 1. The lowest BCUT2D eigenvalue weighted by Crippen LogP contribution is -2.27. The highest BCUT2D eigenvalue weighted by atomic mass is 15.3. The van der Waals surface area contributed by atoms with Gasteiger partial charge in [-0.25, -0.2) is 4.98 Å². The summed E-state index contributed by atoms with van der Waals surface area (Å²) in [6.07, 6.45) is 0.215. The molecule has 82 valence electrons. The van der Waals surface area contributed by atoms with Gasteiger partial charge in [0.05, 0.1) is 23.4 Å². The van der Waals surface area contributed by atoms with E-state index >= 15 is 0 Å². The van der Waals surface area contributed by atoms with Gasteiger partial charge in [0.15, 0.2) is 0 Å². The predicted molar refractivity (Wildman–Crippen MR) is 64.6 cm³/mol. The van der Waals surface area contributed by atoms with E-state index in [1.54, 1.807) is 0 Å². The van der Waals surface area contributed by atoms with Crippen molar-refractivity contribution < 1.29 is 0 Å². The van der Waals surface area contributed by atoms with Crippen LogP contribution in [0.1, 0.15) is 18.9 Å². The van der Waals surface area contributed by atoms with Crippen molar-refractivity contribution in [1.82, 2.24) is 14.9 Å². The summed E-state index contributed by atoms with van der Waals surface area (Å²) in [4.78, 5) is 8.93. The third-order valence-electron chi connectivity index (χ3n) is 2.96. The second-order valence-electron chi connectivity index (χ2n) is 4.10. The molecule has 0 spiro atoms. The van der Waals surface area contributed by atoms with Crippen molar-refractivity contribution in [1.29, 1.82) is 0 Å². The maximum absolute atomic E-state index is 4.55. The second-order valence-corrected chi connectivity index (χ2v) is 4.10. The van der Waals surface area contributed by atoms with E-state index in [4.69, 9.17) is 0 Å². The summed E-state index contributed by atoms with van der Waals surface area (Å²) in [6.45, 7) is 4.82. The number of imidazole rings is 1. The summed E-state index contributed by atoms with van der Waals surface area (Å²) in [5, 5.41) is 3.36. The van der Waals surface area contributed by atoms with Gasteiger partial charge in [-0.15, -0.1) is 0 Å². The number of nitrogens with one attached hydrogen (secondary N) is 1. The number of rotatable bonds is 1. The van der Waals surface area contributed by atoms with Crippen LogP contribution in [0.5, 0.6) is 0 Å². The van der Waals surface area contributed by atoms with Crippen LogP contribution in [-0.4, -0.2) is 21.9 Å². The minimum atomic E-state index is 0.215. The Balaban J connectivity index is 2.13. The molecule has 1 N–H and O–H groups in total. The van der Waals surface area contributed by atoms with E-state index < -0.39 is 0 Å². The van der Waals surface area contributed by atoms with E-state index in [1.807, 2.05) is 32.0 Å². The SMILES string of the molecule is CC1=NCC(n2c(C)nc3ccccc32)N1. The second kappa shape index (κ2) is 3.33. The van der Waals surface area contributed by atoms with Crippen LogP contribution in [0.4, 0.5) is 0 Å². The van der Waals surface area contributed by atoms with Crippen LogP contribution < -0.4 is 5.32 Å². The summed E-state index contributed by atoms with van der Waals surface area (Å²) in [7, 11) is 0. The van der Waals surface area contributed by atoms with Crippen molar-refractivity contribution in [3.05, 3.63) is 30.1 Å². The normalized spacial score (nSPS) is 19.9. The first kappa shape index (κ1) is 9.39. The Morgan fingerprint density at radius 3 is 2.88 bits per heavy atom. The minimum Gasteiger partial charge on any atom is -0.352 e. The van der Waals surface area contributed by atoms with Crippen LogP contribution in [-0.2, 0) is 0 Å². The van der Waals surface area contributed by atoms with Gasteiger partial charge in [-0.1, -0.05) is 12.1 Å². The highest BCUT2D eigenvalue weighted by molar-refractivity contribution is 5.82. The number of aliphatic imine (C=N–C) groups is 1. The van der Waals surface area contributed by atoms with Crippen molar-refractivity contribution in [3.8, 4) is 0 Å². The molecule has 1 unspecified atom stereocenters. The molecule has 0 amide bonds. The maximum atomic E-state index is 4.55. The molecule has 4 heteroatoms. The maximum Gasteiger partial charge on any atom is 0.126 e.